The number of aromatic nitrogens is 2. The van der Waals surface area contributed by atoms with Crippen LogP contribution in [0, 0.1) is 13.8 Å². The number of carbonyl (C=O) groups excluding carboxylic acids is 1. The lowest BCUT2D eigenvalue weighted by Crippen LogP contribution is -2.26. The van der Waals surface area contributed by atoms with Crippen LogP contribution in [0.25, 0.3) is 16.6 Å². The van der Waals surface area contributed by atoms with E-state index in [0.717, 1.165) is 28.1 Å². The number of nitrogens with zero attached hydrogens (tertiary/aromatic N) is 3. The smallest absolute Gasteiger partial charge is 0.266 e. The maximum atomic E-state index is 13.4. The summed E-state index contributed by atoms with van der Waals surface area (Å²) in [6, 6.07) is 21.3. The number of hydrogen-bond acceptors (Lipinski definition) is 5. The van der Waals surface area contributed by atoms with E-state index in [-0.39, 0.29) is 17.2 Å². The summed E-state index contributed by atoms with van der Waals surface area (Å²) in [6.45, 7) is 4.50. The van der Waals surface area contributed by atoms with Crippen LogP contribution >= 0.6 is 11.8 Å². The van der Waals surface area contributed by atoms with Crippen molar-refractivity contribution in [1.82, 2.24) is 14.9 Å². The standard InChI is InChI=1S/C27H28N4O2S/c1-18-9-12-22(15-19(18)2)31-26(33)23-7-5-6-8-24(23)29-27(31)34-17-25(32)28-16-20-10-13-21(14-11-20)30(3)4/h5-15H,16-17H2,1-4H3,(H,28,32). The summed E-state index contributed by atoms with van der Waals surface area (Å²) in [5, 5.41) is 4.01. The van der Waals surface area contributed by atoms with Crippen molar-refractivity contribution in [3.05, 3.63) is 93.8 Å². The quantitative estimate of drug-likeness (QED) is 0.317. The van der Waals surface area contributed by atoms with Crippen LogP contribution in [-0.2, 0) is 11.3 Å². The van der Waals surface area contributed by atoms with Gasteiger partial charge in [-0.25, -0.2) is 4.98 Å². The van der Waals surface area contributed by atoms with Gasteiger partial charge in [-0.2, -0.15) is 0 Å². The normalized spacial score (nSPS) is 10.9. The van der Waals surface area contributed by atoms with Crippen LogP contribution < -0.4 is 15.8 Å². The van der Waals surface area contributed by atoms with E-state index >= 15 is 0 Å². The van der Waals surface area contributed by atoms with Gasteiger partial charge >= 0.3 is 0 Å². The first kappa shape index (κ1) is 23.6. The third-order valence-electron chi connectivity index (χ3n) is 5.77. The van der Waals surface area contributed by atoms with Gasteiger partial charge in [0.1, 0.15) is 0 Å². The van der Waals surface area contributed by atoms with Gasteiger partial charge in [0, 0.05) is 26.3 Å². The summed E-state index contributed by atoms with van der Waals surface area (Å²) < 4.78 is 1.60. The molecule has 7 heteroatoms. The van der Waals surface area contributed by atoms with Crippen molar-refractivity contribution in [2.75, 3.05) is 24.7 Å². The summed E-state index contributed by atoms with van der Waals surface area (Å²) in [4.78, 5) is 32.7. The topological polar surface area (TPSA) is 67.2 Å². The average Bonchev–Trinajstić information content (AvgIpc) is 2.83. The molecule has 0 bridgehead atoms. The first-order chi connectivity index (χ1) is 16.3. The molecule has 0 saturated carbocycles. The Bertz CT molecular complexity index is 1390. The maximum Gasteiger partial charge on any atom is 0.266 e. The highest BCUT2D eigenvalue weighted by atomic mass is 32.2. The summed E-state index contributed by atoms with van der Waals surface area (Å²) in [5.41, 5.74) is 5.60. The fraction of sp³-hybridized carbons (Fsp3) is 0.222. The van der Waals surface area contributed by atoms with Gasteiger partial charge in [-0.3, -0.25) is 14.2 Å². The molecule has 3 aromatic carbocycles. The Kier molecular flexibility index (Phi) is 7.03. The highest BCUT2D eigenvalue weighted by Crippen LogP contribution is 2.23. The van der Waals surface area contributed by atoms with Crippen molar-refractivity contribution in [2.45, 2.75) is 25.5 Å². The molecule has 0 aliphatic heterocycles. The molecular weight excluding hydrogens is 444 g/mol. The average molecular weight is 473 g/mol. The van der Waals surface area contributed by atoms with Gasteiger partial charge in [0.2, 0.25) is 5.91 Å². The zero-order valence-electron chi connectivity index (χ0n) is 19.8. The van der Waals surface area contributed by atoms with E-state index in [2.05, 4.69) is 5.32 Å². The van der Waals surface area contributed by atoms with E-state index in [9.17, 15) is 9.59 Å². The van der Waals surface area contributed by atoms with Crippen molar-refractivity contribution in [2.24, 2.45) is 0 Å². The monoisotopic (exact) mass is 472 g/mol. The molecule has 0 spiro atoms. The van der Waals surface area contributed by atoms with Crippen LogP contribution in [0.3, 0.4) is 0 Å². The van der Waals surface area contributed by atoms with Crippen molar-refractivity contribution in [1.29, 1.82) is 0 Å². The van der Waals surface area contributed by atoms with Gasteiger partial charge in [0.15, 0.2) is 5.16 Å². The molecule has 4 aromatic rings. The fourth-order valence-corrected chi connectivity index (χ4v) is 4.44. The molecule has 1 heterocycles. The van der Waals surface area contributed by atoms with E-state index in [1.165, 1.54) is 11.8 Å². The number of rotatable bonds is 7. The Morgan fingerprint density at radius 1 is 1.00 bits per heavy atom. The second-order valence-corrected chi connectivity index (χ2v) is 9.39. The SMILES string of the molecule is Cc1ccc(-n2c(SCC(=O)NCc3ccc(N(C)C)cc3)nc3ccccc3c2=O)cc1C. The minimum Gasteiger partial charge on any atom is -0.378 e. The molecule has 4 rings (SSSR count). The van der Waals surface area contributed by atoms with Crippen molar-refractivity contribution in [3.8, 4) is 5.69 Å². The van der Waals surface area contributed by atoms with Crippen LogP contribution in [0.4, 0.5) is 5.69 Å². The van der Waals surface area contributed by atoms with E-state index < -0.39 is 0 Å². The first-order valence-electron chi connectivity index (χ1n) is 11.1. The van der Waals surface area contributed by atoms with Crippen LogP contribution in [-0.4, -0.2) is 35.3 Å². The van der Waals surface area contributed by atoms with Crippen LogP contribution in [0.2, 0.25) is 0 Å². The van der Waals surface area contributed by atoms with Gasteiger partial charge in [-0.1, -0.05) is 42.1 Å². The number of hydrogen-bond donors (Lipinski definition) is 1. The predicted molar refractivity (Wildman–Crippen MR) is 140 cm³/mol. The van der Waals surface area contributed by atoms with Crippen molar-refractivity contribution >= 4 is 34.3 Å². The minimum absolute atomic E-state index is 0.115. The molecule has 0 atom stereocenters. The zero-order chi connectivity index (χ0) is 24.2. The minimum atomic E-state index is -0.141. The molecule has 1 aromatic heterocycles. The lowest BCUT2D eigenvalue weighted by molar-refractivity contribution is -0.118. The summed E-state index contributed by atoms with van der Waals surface area (Å²) in [7, 11) is 3.98. The molecule has 0 unspecified atom stereocenters. The lowest BCUT2D eigenvalue weighted by Gasteiger charge is -2.15. The van der Waals surface area contributed by atoms with Gasteiger partial charge in [-0.05, 0) is 66.9 Å². The number of aryl methyl sites for hydroxylation is 2. The third-order valence-corrected chi connectivity index (χ3v) is 6.71. The fourth-order valence-electron chi connectivity index (χ4n) is 3.60. The maximum absolute atomic E-state index is 13.4. The Labute approximate surface area is 203 Å². The van der Waals surface area contributed by atoms with Crippen LogP contribution in [0.15, 0.2) is 76.7 Å². The summed E-state index contributed by atoms with van der Waals surface area (Å²) in [6.07, 6.45) is 0. The zero-order valence-corrected chi connectivity index (χ0v) is 20.6. The van der Waals surface area contributed by atoms with E-state index in [1.54, 1.807) is 10.6 Å². The molecule has 174 valence electrons. The van der Waals surface area contributed by atoms with Crippen molar-refractivity contribution < 1.29 is 4.79 Å². The van der Waals surface area contributed by atoms with Crippen molar-refractivity contribution in [3.63, 3.8) is 0 Å². The number of amides is 1. The Hall–Kier alpha value is -3.58. The largest absolute Gasteiger partial charge is 0.378 e. The Morgan fingerprint density at radius 2 is 1.74 bits per heavy atom. The molecule has 0 saturated heterocycles. The van der Waals surface area contributed by atoms with Crippen LogP contribution in [0.1, 0.15) is 16.7 Å². The number of carbonyl (C=O) groups is 1. The lowest BCUT2D eigenvalue weighted by atomic mass is 10.1. The molecule has 6 nitrogen and oxygen atoms in total. The first-order valence-corrected chi connectivity index (χ1v) is 12.1. The highest BCUT2D eigenvalue weighted by molar-refractivity contribution is 7.99. The van der Waals surface area contributed by atoms with Gasteiger partial charge in [0.25, 0.3) is 5.56 Å². The number of anilines is 1. The summed E-state index contributed by atoms with van der Waals surface area (Å²) in [5.74, 6) is 0.0431. The summed E-state index contributed by atoms with van der Waals surface area (Å²) >= 11 is 1.26. The number of nitrogens with one attached hydrogen (secondary N) is 1. The molecule has 0 radical (unpaired) electrons. The molecular formula is C27H28N4O2S. The Morgan fingerprint density at radius 3 is 2.44 bits per heavy atom. The number of fused-ring (bicyclic) bond motifs is 1. The Balaban J connectivity index is 1.55. The van der Waals surface area contributed by atoms with E-state index in [1.807, 2.05) is 93.5 Å². The van der Waals surface area contributed by atoms with E-state index in [4.69, 9.17) is 4.98 Å². The molecule has 1 N–H and O–H groups in total. The second-order valence-electron chi connectivity index (χ2n) is 8.45. The number of para-hydroxylation sites is 1. The highest BCUT2D eigenvalue weighted by Gasteiger charge is 2.15. The predicted octanol–water partition coefficient (Wildman–Crippen LogP) is 4.48. The second kappa shape index (κ2) is 10.1. The number of thioether (sulfide) groups is 1. The third kappa shape index (κ3) is 5.15. The number of benzene rings is 3. The molecule has 0 aliphatic carbocycles. The van der Waals surface area contributed by atoms with Crippen LogP contribution in [0.5, 0.6) is 0 Å². The molecule has 0 aliphatic rings. The van der Waals surface area contributed by atoms with E-state index in [0.29, 0.717) is 22.6 Å². The molecule has 0 fully saturated rings. The molecule has 1 amide bonds. The van der Waals surface area contributed by atoms with Gasteiger partial charge < -0.3 is 10.2 Å². The van der Waals surface area contributed by atoms with Gasteiger partial charge in [0.05, 0.1) is 22.3 Å². The van der Waals surface area contributed by atoms with Gasteiger partial charge in [-0.15, -0.1) is 0 Å². The molecule has 34 heavy (non-hydrogen) atoms.